The minimum atomic E-state index is -3.12. The first kappa shape index (κ1) is 15.7. The first-order valence-corrected chi connectivity index (χ1v) is 10.0. The molecule has 1 N–H and O–H groups in total. The van der Waals surface area contributed by atoms with Gasteiger partial charge in [0.1, 0.15) is 0 Å². The summed E-state index contributed by atoms with van der Waals surface area (Å²) in [6, 6.07) is -0.277. The molecule has 1 unspecified atom stereocenters. The van der Waals surface area contributed by atoms with Crippen LogP contribution in [0.5, 0.6) is 0 Å². The van der Waals surface area contributed by atoms with Crippen LogP contribution in [0.25, 0.3) is 0 Å². The van der Waals surface area contributed by atoms with Crippen molar-refractivity contribution in [3.05, 3.63) is 10.6 Å². The molecule has 1 fully saturated rings. The Bertz CT molecular complexity index is 647. The zero-order valence-corrected chi connectivity index (χ0v) is 14.0. The largest absolute Gasteiger partial charge is 0.375 e. The van der Waals surface area contributed by atoms with E-state index >= 15 is 0 Å². The SMILES string of the molecule is CS(=O)(=O)C1CCCN(C(=O)Nc2nc3c(s2)COCC3)C1. The zero-order valence-electron chi connectivity index (χ0n) is 12.4. The summed E-state index contributed by atoms with van der Waals surface area (Å²) in [5, 5.41) is 2.87. The van der Waals surface area contributed by atoms with Gasteiger partial charge in [-0.1, -0.05) is 11.3 Å². The van der Waals surface area contributed by atoms with E-state index in [1.807, 2.05) is 0 Å². The molecule has 9 heteroatoms. The van der Waals surface area contributed by atoms with E-state index in [9.17, 15) is 13.2 Å². The van der Waals surface area contributed by atoms with Gasteiger partial charge in [-0.3, -0.25) is 5.32 Å². The Hall–Kier alpha value is -1.19. The van der Waals surface area contributed by atoms with Crippen molar-refractivity contribution >= 4 is 32.3 Å². The maximum atomic E-state index is 12.3. The number of hydrogen-bond acceptors (Lipinski definition) is 6. The summed E-state index contributed by atoms with van der Waals surface area (Å²) >= 11 is 1.42. The van der Waals surface area contributed by atoms with E-state index in [1.54, 1.807) is 4.90 Å². The number of likely N-dealkylation sites (tertiary alicyclic amines) is 1. The topological polar surface area (TPSA) is 88.6 Å². The fourth-order valence-electron chi connectivity index (χ4n) is 2.72. The summed E-state index contributed by atoms with van der Waals surface area (Å²) in [6.07, 6.45) is 3.31. The van der Waals surface area contributed by atoms with E-state index < -0.39 is 15.1 Å². The molecule has 0 bridgehead atoms. The minimum Gasteiger partial charge on any atom is -0.375 e. The van der Waals surface area contributed by atoms with E-state index in [4.69, 9.17) is 4.74 Å². The average Bonchev–Trinajstić information content (AvgIpc) is 2.88. The smallest absolute Gasteiger partial charge is 0.323 e. The molecule has 3 rings (SSSR count). The number of anilines is 1. The van der Waals surface area contributed by atoms with Crippen molar-refractivity contribution in [2.45, 2.75) is 31.1 Å². The molecule has 2 aliphatic rings. The molecule has 1 aromatic heterocycles. The number of rotatable bonds is 2. The Morgan fingerprint density at radius 3 is 3.05 bits per heavy atom. The molecule has 7 nitrogen and oxygen atoms in total. The normalized spacial score (nSPS) is 22.2. The summed E-state index contributed by atoms with van der Waals surface area (Å²) < 4.78 is 28.7. The van der Waals surface area contributed by atoms with Crippen molar-refractivity contribution in [3.8, 4) is 0 Å². The van der Waals surface area contributed by atoms with Crippen molar-refractivity contribution in [1.29, 1.82) is 0 Å². The van der Waals surface area contributed by atoms with Crippen LogP contribution in [0.2, 0.25) is 0 Å². The maximum absolute atomic E-state index is 12.3. The molecule has 1 aromatic rings. The third kappa shape index (κ3) is 3.41. The first-order chi connectivity index (χ1) is 10.4. The number of nitrogens with zero attached hydrogens (tertiary/aromatic N) is 2. The average molecular weight is 345 g/mol. The first-order valence-electron chi connectivity index (χ1n) is 7.24. The highest BCUT2D eigenvalue weighted by Crippen LogP contribution is 2.27. The molecule has 0 saturated carbocycles. The van der Waals surface area contributed by atoms with E-state index in [-0.39, 0.29) is 12.6 Å². The highest BCUT2D eigenvalue weighted by atomic mass is 32.2. The number of aromatic nitrogens is 1. The standard InChI is InChI=1S/C13H19N3O4S2/c1-22(18,19)9-3-2-5-16(7-9)13(17)15-12-14-10-4-6-20-8-11(10)21-12/h9H,2-8H2,1H3,(H,14,15,17). The fraction of sp³-hybridized carbons (Fsp3) is 0.692. The Morgan fingerprint density at radius 2 is 2.32 bits per heavy atom. The van der Waals surface area contributed by atoms with Crippen LogP contribution in [0.1, 0.15) is 23.4 Å². The zero-order chi connectivity index (χ0) is 15.7. The summed E-state index contributed by atoms with van der Waals surface area (Å²) in [6.45, 7) is 2.03. The molecule has 3 heterocycles. The van der Waals surface area contributed by atoms with Crippen molar-refractivity contribution in [2.24, 2.45) is 0 Å². The molecule has 22 heavy (non-hydrogen) atoms. The number of ether oxygens (including phenoxy) is 1. The second-order valence-corrected chi connectivity index (χ2v) is 9.07. The maximum Gasteiger partial charge on any atom is 0.323 e. The molecule has 2 aliphatic heterocycles. The molecule has 0 radical (unpaired) electrons. The second-order valence-electron chi connectivity index (χ2n) is 5.66. The Kier molecular flexibility index (Phi) is 4.37. The van der Waals surface area contributed by atoms with E-state index in [1.165, 1.54) is 17.6 Å². The summed E-state index contributed by atoms with van der Waals surface area (Å²) in [4.78, 5) is 19.3. The van der Waals surface area contributed by atoms with Crippen LogP contribution in [-0.2, 0) is 27.6 Å². The van der Waals surface area contributed by atoms with Gasteiger partial charge in [-0.15, -0.1) is 0 Å². The summed E-state index contributed by atoms with van der Waals surface area (Å²) in [5.41, 5.74) is 0.985. The lowest BCUT2D eigenvalue weighted by Gasteiger charge is -2.31. The molecule has 0 spiro atoms. The van der Waals surface area contributed by atoms with Crippen LogP contribution in [-0.4, -0.2) is 55.5 Å². The number of carbonyl (C=O) groups is 1. The lowest BCUT2D eigenvalue weighted by atomic mass is 10.1. The van der Waals surface area contributed by atoms with Gasteiger partial charge in [-0.2, -0.15) is 0 Å². The van der Waals surface area contributed by atoms with Crippen molar-refractivity contribution in [1.82, 2.24) is 9.88 Å². The molecule has 0 aromatic carbocycles. The van der Waals surface area contributed by atoms with Gasteiger partial charge in [0.2, 0.25) is 0 Å². The number of carbonyl (C=O) groups excluding carboxylic acids is 1. The molecular formula is C13H19N3O4S2. The number of thiazole rings is 1. The predicted octanol–water partition coefficient (Wildman–Crippen LogP) is 1.26. The molecule has 1 saturated heterocycles. The van der Waals surface area contributed by atoms with Crippen molar-refractivity contribution in [2.75, 3.05) is 31.3 Å². The Labute approximate surface area is 133 Å². The highest BCUT2D eigenvalue weighted by molar-refractivity contribution is 7.91. The number of fused-ring (bicyclic) bond motifs is 1. The van der Waals surface area contributed by atoms with Crippen LogP contribution in [0, 0.1) is 0 Å². The van der Waals surface area contributed by atoms with Crippen LogP contribution < -0.4 is 5.32 Å². The number of sulfone groups is 1. The van der Waals surface area contributed by atoms with Crippen LogP contribution in [0.15, 0.2) is 0 Å². The van der Waals surface area contributed by atoms with E-state index in [0.717, 1.165) is 17.0 Å². The van der Waals surface area contributed by atoms with Crippen LogP contribution >= 0.6 is 11.3 Å². The number of hydrogen-bond donors (Lipinski definition) is 1. The van der Waals surface area contributed by atoms with Gasteiger partial charge in [0, 0.05) is 25.8 Å². The number of urea groups is 1. The van der Waals surface area contributed by atoms with Gasteiger partial charge >= 0.3 is 6.03 Å². The summed E-state index contributed by atoms with van der Waals surface area (Å²) in [7, 11) is -3.12. The third-order valence-corrected chi connectivity index (χ3v) is 6.56. The summed E-state index contributed by atoms with van der Waals surface area (Å²) in [5.74, 6) is 0. The van der Waals surface area contributed by atoms with Crippen LogP contribution in [0.3, 0.4) is 0 Å². The lowest BCUT2D eigenvalue weighted by molar-refractivity contribution is 0.112. The number of amides is 2. The van der Waals surface area contributed by atoms with E-state index in [2.05, 4.69) is 10.3 Å². The van der Waals surface area contributed by atoms with E-state index in [0.29, 0.717) is 37.7 Å². The number of nitrogens with one attached hydrogen (secondary N) is 1. The molecule has 122 valence electrons. The quantitative estimate of drug-likeness (QED) is 0.872. The number of piperidine rings is 1. The predicted molar refractivity (Wildman–Crippen MR) is 83.9 cm³/mol. The van der Waals surface area contributed by atoms with Gasteiger partial charge in [-0.25, -0.2) is 18.2 Å². The Morgan fingerprint density at radius 1 is 1.50 bits per heavy atom. The third-order valence-electron chi connectivity index (χ3n) is 3.98. The van der Waals surface area contributed by atoms with Crippen LogP contribution in [0.4, 0.5) is 9.93 Å². The monoisotopic (exact) mass is 345 g/mol. The highest BCUT2D eigenvalue weighted by Gasteiger charge is 2.30. The lowest BCUT2D eigenvalue weighted by Crippen LogP contribution is -2.46. The van der Waals surface area contributed by atoms with Gasteiger partial charge in [0.15, 0.2) is 15.0 Å². The van der Waals surface area contributed by atoms with Crippen molar-refractivity contribution < 1.29 is 17.9 Å². The van der Waals surface area contributed by atoms with Gasteiger partial charge in [0.25, 0.3) is 0 Å². The molecule has 1 atom stereocenters. The second kappa shape index (κ2) is 6.13. The molecule has 2 amide bonds. The molecule has 0 aliphatic carbocycles. The molecular weight excluding hydrogens is 326 g/mol. The van der Waals surface area contributed by atoms with Gasteiger partial charge < -0.3 is 9.64 Å². The Balaban J connectivity index is 1.65. The minimum absolute atomic E-state index is 0.249. The van der Waals surface area contributed by atoms with Crippen molar-refractivity contribution in [3.63, 3.8) is 0 Å². The van der Waals surface area contributed by atoms with Gasteiger partial charge in [0.05, 0.1) is 29.0 Å². The van der Waals surface area contributed by atoms with Gasteiger partial charge in [-0.05, 0) is 12.8 Å². The fourth-order valence-corrected chi connectivity index (χ4v) is 4.70.